The van der Waals surface area contributed by atoms with E-state index in [1.807, 2.05) is 0 Å². The molecule has 6 nitrogen and oxygen atoms in total. The lowest BCUT2D eigenvalue weighted by Crippen LogP contribution is -2.47. The second kappa shape index (κ2) is 5.38. The number of hydrogen-bond donors (Lipinski definition) is 2. The summed E-state index contributed by atoms with van der Waals surface area (Å²) in [5.74, 6) is 1.28. The van der Waals surface area contributed by atoms with Crippen molar-refractivity contribution in [3.8, 4) is 0 Å². The lowest BCUT2D eigenvalue weighted by molar-refractivity contribution is 0.584. The molecular weight excluding hydrogens is 284 g/mol. The van der Waals surface area contributed by atoms with E-state index in [-0.39, 0.29) is 5.84 Å². The van der Waals surface area contributed by atoms with E-state index in [4.69, 9.17) is 11.1 Å². The topological polar surface area (TPSA) is 100 Å². The molecule has 0 aromatic carbocycles. The molecule has 104 valence electrons. The zero-order valence-electron chi connectivity index (χ0n) is 10.5. The number of nitrogens with zero attached hydrogens (tertiary/aromatic N) is 2. The Bertz CT molecular complexity index is 588. The number of nitrogens with two attached hydrogens (primary N) is 1. The summed E-state index contributed by atoms with van der Waals surface area (Å²) in [6.07, 6.45) is 4.36. The van der Waals surface area contributed by atoms with Gasteiger partial charge in [-0.25, -0.2) is 8.42 Å². The fourth-order valence-corrected chi connectivity index (χ4v) is 4.89. The highest BCUT2D eigenvalue weighted by Gasteiger charge is 2.32. The van der Waals surface area contributed by atoms with Gasteiger partial charge in [-0.15, -0.1) is 0 Å². The van der Waals surface area contributed by atoms with Gasteiger partial charge in [0.2, 0.25) is 0 Å². The smallest absolute Gasteiger partial charge is 0.169 e. The molecule has 1 unspecified atom stereocenters. The van der Waals surface area contributed by atoms with E-state index in [0.717, 1.165) is 5.75 Å². The fourth-order valence-electron chi connectivity index (χ4n) is 2.05. The fraction of sp³-hybridized carbons (Fsp3) is 0.455. The summed E-state index contributed by atoms with van der Waals surface area (Å²) < 4.78 is 23.8. The maximum atomic E-state index is 11.9. The van der Waals surface area contributed by atoms with Crippen molar-refractivity contribution >= 4 is 33.1 Å². The predicted octanol–water partition coefficient (Wildman–Crippen LogP) is 0.290. The highest BCUT2D eigenvalue weighted by Crippen LogP contribution is 2.28. The minimum Gasteiger partial charge on any atom is -0.384 e. The van der Waals surface area contributed by atoms with Crippen molar-refractivity contribution < 1.29 is 8.42 Å². The molecule has 2 heterocycles. The molecule has 3 N–H and O–H groups in total. The van der Waals surface area contributed by atoms with E-state index in [9.17, 15) is 8.42 Å². The van der Waals surface area contributed by atoms with Crippen molar-refractivity contribution in [3.05, 3.63) is 24.0 Å². The maximum absolute atomic E-state index is 11.9. The van der Waals surface area contributed by atoms with Gasteiger partial charge < -0.3 is 10.6 Å². The number of sulfone groups is 1. The molecule has 0 radical (unpaired) electrons. The molecule has 0 bridgehead atoms. The standard InChI is InChI=1S/C11H16N4O2S2/c1-19(16,17)10-7-18-5-4-15(10)9-6-14-3-2-8(9)11(12)13/h2-3,6,10H,4-5,7H2,1H3,(H3,12,13). The van der Waals surface area contributed by atoms with Crippen LogP contribution in [0.1, 0.15) is 5.56 Å². The van der Waals surface area contributed by atoms with E-state index < -0.39 is 15.2 Å². The Labute approximate surface area is 116 Å². The maximum Gasteiger partial charge on any atom is 0.169 e. The Kier molecular flexibility index (Phi) is 4.00. The first kappa shape index (κ1) is 14.1. The monoisotopic (exact) mass is 300 g/mol. The van der Waals surface area contributed by atoms with Gasteiger partial charge in [-0.1, -0.05) is 0 Å². The van der Waals surface area contributed by atoms with Crippen LogP contribution in [0.15, 0.2) is 18.5 Å². The van der Waals surface area contributed by atoms with E-state index in [0.29, 0.717) is 23.5 Å². The molecule has 1 saturated heterocycles. The first-order chi connectivity index (χ1) is 8.91. The van der Waals surface area contributed by atoms with Crippen LogP contribution in [0.3, 0.4) is 0 Å². The van der Waals surface area contributed by atoms with Gasteiger partial charge in [-0.05, 0) is 6.07 Å². The third kappa shape index (κ3) is 3.01. The van der Waals surface area contributed by atoms with Gasteiger partial charge in [0.25, 0.3) is 0 Å². The van der Waals surface area contributed by atoms with Crippen LogP contribution in [0.4, 0.5) is 5.69 Å². The second-order valence-corrected chi connectivity index (χ2v) is 7.71. The minimum absolute atomic E-state index is 0.0807. The minimum atomic E-state index is -3.20. The first-order valence-electron chi connectivity index (χ1n) is 5.73. The number of nitrogen functional groups attached to an aromatic ring is 1. The van der Waals surface area contributed by atoms with Crippen LogP contribution in [-0.4, -0.2) is 48.9 Å². The summed E-state index contributed by atoms with van der Waals surface area (Å²) in [7, 11) is -3.20. The van der Waals surface area contributed by atoms with Crippen molar-refractivity contribution in [2.75, 3.05) is 29.2 Å². The van der Waals surface area contributed by atoms with Crippen LogP contribution >= 0.6 is 11.8 Å². The molecule has 1 aliphatic heterocycles. The molecule has 1 aromatic rings. The van der Waals surface area contributed by atoms with E-state index in [1.165, 1.54) is 6.26 Å². The molecule has 1 aliphatic rings. The highest BCUT2D eigenvalue weighted by atomic mass is 32.2. The summed E-state index contributed by atoms with van der Waals surface area (Å²) in [4.78, 5) is 5.81. The molecular formula is C11H16N4O2S2. The van der Waals surface area contributed by atoms with Crippen LogP contribution in [0.25, 0.3) is 0 Å². The van der Waals surface area contributed by atoms with Crippen LogP contribution < -0.4 is 10.6 Å². The number of hydrogen-bond acceptors (Lipinski definition) is 6. The van der Waals surface area contributed by atoms with E-state index in [1.54, 1.807) is 35.1 Å². The Hall–Kier alpha value is -1.28. The molecule has 8 heteroatoms. The number of anilines is 1. The van der Waals surface area contributed by atoms with Crippen molar-refractivity contribution in [1.29, 1.82) is 5.41 Å². The third-order valence-electron chi connectivity index (χ3n) is 2.98. The summed E-state index contributed by atoms with van der Waals surface area (Å²) >= 11 is 1.62. The van der Waals surface area contributed by atoms with Crippen molar-refractivity contribution in [3.63, 3.8) is 0 Å². The molecule has 0 saturated carbocycles. The van der Waals surface area contributed by atoms with Gasteiger partial charge in [-0.3, -0.25) is 10.4 Å². The Balaban J connectivity index is 2.46. The normalized spacial score (nSPS) is 20.3. The first-order valence-corrected chi connectivity index (χ1v) is 8.84. The average molecular weight is 300 g/mol. The molecule has 2 rings (SSSR count). The van der Waals surface area contributed by atoms with Gasteiger partial charge in [0.1, 0.15) is 11.2 Å². The van der Waals surface area contributed by atoms with Crippen molar-refractivity contribution in [2.24, 2.45) is 5.73 Å². The molecule has 0 aliphatic carbocycles. The average Bonchev–Trinajstić information content (AvgIpc) is 2.37. The van der Waals surface area contributed by atoms with Gasteiger partial charge in [0, 0.05) is 36.1 Å². The molecule has 1 fully saturated rings. The second-order valence-electron chi connectivity index (χ2n) is 4.36. The number of rotatable bonds is 3. The number of nitrogens with one attached hydrogen (secondary N) is 1. The largest absolute Gasteiger partial charge is 0.384 e. The summed E-state index contributed by atoms with van der Waals surface area (Å²) in [6.45, 7) is 0.606. The number of aromatic nitrogens is 1. The van der Waals surface area contributed by atoms with Crippen LogP contribution in [0.5, 0.6) is 0 Å². The Morgan fingerprint density at radius 3 is 3.00 bits per heavy atom. The van der Waals surface area contributed by atoms with E-state index >= 15 is 0 Å². The van der Waals surface area contributed by atoms with Gasteiger partial charge in [0.05, 0.1) is 11.9 Å². The predicted molar refractivity (Wildman–Crippen MR) is 78.6 cm³/mol. The van der Waals surface area contributed by atoms with E-state index in [2.05, 4.69) is 4.98 Å². The van der Waals surface area contributed by atoms with Crippen molar-refractivity contribution in [2.45, 2.75) is 5.37 Å². The number of pyridine rings is 1. The molecule has 0 spiro atoms. The van der Waals surface area contributed by atoms with Crippen LogP contribution in [0.2, 0.25) is 0 Å². The Morgan fingerprint density at radius 2 is 2.37 bits per heavy atom. The summed E-state index contributed by atoms with van der Waals surface area (Å²) in [6, 6.07) is 1.64. The zero-order valence-corrected chi connectivity index (χ0v) is 12.2. The zero-order chi connectivity index (χ0) is 14.0. The van der Waals surface area contributed by atoms with Crippen LogP contribution in [0, 0.1) is 5.41 Å². The lowest BCUT2D eigenvalue weighted by atomic mass is 10.2. The SMILES string of the molecule is CS(=O)(=O)C1CSCCN1c1cnccc1C(=N)N. The quantitative estimate of drug-likeness (QED) is 0.615. The summed E-state index contributed by atoms with van der Waals surface area (Å²) in [5, 5.41) is 7.00. The van der Waals surface area contributed by atoms with Crippen LogP contribution in [-0.2, 0) is 9.84 Å². The van der Waals surface area contributed by atoms with Gasteiger partial charge in [-0.2, -0.15) is 11.8 Å². The number of amidine groups is 1. The lowest BCUT2D eigenvalue weighted by Gasteiger charge is -2.36. The molecule has 0 amide bonds. The van der Waals surface area contributed by atoms with Gasteiger partial charge in [0.15, 0.2) is 9.84 Å². The Morgan fingerprint density at radius 1 is 1.63 bits per heavy atom. The number of thioether (sulfide) groups is 1. The van der Waals surface area contributed by atoms with Crippen molar-refractivity contribution in [1.82, 2.24) is 4.98 Å². The summed E-state index contributed by atoms with van der Waals surface area (Å²) in [5.41, 5.74) is 6.69. The third-order valence-corrected chi connectivity index (χ3v) is 5.62. The highest BCUT2D eigenvalue weighted by molar-refractivity contribution is 8.01. The molecule has 19 heavy (non-hydrogen) atoms. The molecule has 1 aromatic heterocycles. The molecule has 1 atom stereocenters. The van der Waals surface area contributed by atoms with Gasteiger partial charge >= 0.3 is 0 Å².